The molecule has 1 amide bonds. The molecule has 1 unspecified atom stereocenters. The zero-order valence-electron chi connectivity index (χ0n) is 12.4. The molecule has 0 fully saturated rings. The number of para-hydroxylation sites is 1. The number of amides is 1. The second-order valence-corrected chi connectivity index (χ2v) is 5.33. The van der Waals surface area contributed by atoms with E-state index >= 15 is 0 Å². The minimum absolute atomic E-state index is 0.0687. The molecule has 0 aromatic heterocycles. The van der Waals surface area contributed by atoms with Crippen LogP contribution < -0.4 is 15.5 Å². The van der Waals surface area contributed by atoms with Gasteiger partial charge in [0.2, 0.25) is 0 Å². The number of benzene rings is 2. The minimum atomic E-state index is -0.236. The number of carbonyl (C=O) groups excluding carboxylic acids is 1. The maximum absolute atomic E-state index is 12.1. The molecule has 1 heterocycles. The number of aliphatic hydroxyl groups is 1. The van der Waals surface area contributed by atoms with Gasteiger partial charge in [0.1, 0.15) is 6.17 Å². The third-order valence-corrected chi connectivity index (χ3v) is 3.85. The van der Waals surface area contributed by atoms with Gasteiger partial charge >= 0.3 is 0 Å². The highest BCUT2D eigenvalue weighted by atomic mass is 16.3. The van der Waals surface area contributed by atoms with Gasteiger partial charge < -0.3 is 20.6 Å². The van der Waals surface area contributed by atoms with Gasteiger partial charge in [0, 0.05) is 25.0 Å². The third kappa shape index (κ3) is 2.76. The number of rotatable bonds is 4. The van der Waals surface area contributed by atoms with Crippen LogP contribution in [0, 0.1) is 0 Å². The van der Waals surface area contributed by atoms with Crippen LogP contribution in [-0.4, -0.2) is 31.2 Å². The van der Waals surface area contributed by atoms with Gasteiger partial charge in [-0.25, -0.2) is 0 Å². The van der Waals surface area contributed by atoms with Crippen LogP contribution in [0.5, 0.6) is 0 Å². The Kier molecular flexibility index (Phi) is 3.98. The van der Waals surface area contributed by atoms with Crippen LogP contribution in [0.4, 0.5) is 11.4 Å². The Bertz CT molecular complexity index is 670. The van der Waals surface area contributed by atoms with Crippen molar-refractivity contribution in [3.63, 3.8) is 0 Å². The largest absolute Gasteiger partial charge is 0.395 e. The van der Waals surface area contributed by atoms with Crippen LogP contribution in [0.15, 0.2) is 48.5 Å². The van der Waals surface area contributed by atoms with E-state index in [1.807, 2.05) is 54.4 Å². The molecule has 1 atom stereocenters. The first-order chi connectivity index (χ1) is 10.7. The number of hydrogen-bond acceptors (Lipinski definition) is 4. The molecule has 5 heteroatoms. The van der Waals surface area contributed by atoms with E-state index in [2.05, 4.69) is 10.6 Å². The monoisotopic (exact) mass is 297 g/mol. The van der Waals surface area contributed by atoms with E-state index < -0.39 is 0 Å². The van der Waals surface area contributed by atoms with E-state index in [1.54, 1.807) is 6.07 Å². The molecule has 0 saturated heterocycles. The Balaban J connectivity index is 1.80. The van der Waals surface area contributed by atoms with Crippen molar-refractivity contribution in [1.82, 2.24) is 5.32 Å². The van der Waals surface area contributed by atoms with Crippen LogP contribution >= 0.6 is 0 Å². The molecule has 5 nitrogen and oxygen atoms in total. The maximum Gasteiger partial charge on any atom is 0.255 e. The second kappa shape index (κ2) is 6.07. The number of nitrogens with zero attached hydrogens (tertiary/aromatic N) is 1. The second-order valence-electron chi connectivity index (χ2n) is 5.33. The van der Waals surface area contributed by atoms with Gasteiger partial charge in [-0.15, -0.1) is 0 Å². The molecule has 3 rings (SSSR count). The van der Waals surface area contributed by atoms with Crippen LogP contribution in [0.2, 0.25) is 0 Å². The molecule has 114 valence electrons. The number of fused-ring (bicyclic) bond motifs is 1. The Morgan fingerprint density at radius 3 is 2.55 bits per heavy atom. The number of anilines is 2. The number of hydrogen-bond donors (Lipinski definition) is 3. The molecule has 2 aromatic carbocycles. The Hall–Kier alpha value is -2.53. The van der Waals surface area contributed by atoms with Crippen LogP contribution in [0.1, 0.15) is 22.1 Å². The van der Waals surface area contributed by atoms with E-state index in [9.17, 15) is 4.79 Å². The third-order valence-electron chi connectivity index (χ3n) is 3.85. The van der Waals surface area contributed by atoms with Crippen molar-refractivity contribution >= 4 is 17.3 Å². The lowest BCUT2D eigenvalue weighted by atomic mass is 10.1. The van der Waals surface area contributed by atoms with Crippen LogP contribution in [-0.2, 0) is 0 Å². The SMILES string of the molecule is CN(CCO)c1ccc(C2NC(=O)c3ccccc3N2)cc1. The lowest BCUT2D eigenvalue weighted by Crippen LogP contribution is -2.38. The zero-order valence-corrected chi connectivity index (χ0v) is 12.4. The van der Waals surface area contributed by atoms with Crippen LogP contribution in [0.3, 0.4) is 0 Å². The van der Waals surface area contributed by atoms with Crippen molar-refractivity contribution in [3.05, 3.63) is 59.7 Å². The van der Waals surface area contributed by atoms with Crippen molar-refractivity contribution in [3.8, 4) is 0 Å². The summed E-state index contributed by atoms with van der Waals surface area (Å²) >= 11 is 0. The van der Waals surface area contributed by atoms with Gasteiger partial charge in [-0.2, -0.15) is 0 Å². The summed E-state index contributed by atoms with van der Waals surface area (Å²) in [5.74, 6) is -0.0687. The highest BCUT2D eigenvalue weighted by molar-refractivity contribution is 6.01. The van der Waals surface area contributed by atoms with Gasteiger partial charge in [0.15, 0.2) is 0 Å². The predicted octanol–water partition coefficient (Wildman–Crippen LogP) is 1.97. The lowest BCUT2D eigenvalue weighted by molar-refractivity contribution is 0.0935. The summed E-state index contributed by atoms with van der Waals surface area (Å²) in [6.07, 6.45) is -0.236. The topological polar surface area (TPSA) is 64.6 Å². The average Bonchev–Trinajstić information content (AvgIpc) is 2.55. The van der Waals surface area contributed by atoms with Gasteiger partial charge in [-0.3, -0.25) is 4.79 Å². The number of nitrogens with one attached hydrogen (secondary N) is 2. The summed E-state index contributed by atoms with van der Waals surface area (Å²) in [7, 11) is 1.93. The van der Waals surface area contributed by atoms with E-state index in [0.29, 0.717) is 12.1 Å². The molecule has 0 bridgehead atoms. The molecular weight excluding hydrogens is 278 g/mol. The molecule has 2 aromatic rings. The number of aliphatic hydroxyl groups excluding tert-OH is 1. The number of carbonyl (C=O) groups is 1. The highest BCUT2D eigenvalue weighted by Crippen LogP contribution is 2.27. The Morgan fingerprint density at radius 1 is 1.09 bits per heavy atom. The molecule has 0 spiro atoms. The first-order valence-corrected chi connectivity index (χ1v) is 7.27. The minimum Gasteiger partial charge on any atom is -0.395 e. The summed E-state index contributed by atoms with van der Waals surface area (Å²) in [6.45, 7) is 0.709. The van der Waals surface area contributed by atoms with Crippen molar-refractivity contribution < 1.29 is 9.90 Å². The fourth-order valence-corrected chi connectivity index (χ4v) is 2.57. The van der Waals surface area contributed by atoms with Gasteiger partial charge in [0.25, 0.3) is 5.91 Å². The molecule has 0 aliphatic carbocycles. The van der Waals surface area contributed by atoms with Crippen molar-refractivity contribution in [2.45, 2.75) is 6.17 Å². The lowest BCUT2D eigenvalue weighted by Gasteiger charge is -2.28. The van der Waals surface area contributed by atoms with Gasteiger partial charge in [-0.1, -0.05) is 24.3 Å². The Morgan fingerprint density at radius 2 is 1.82 bits per heavy atom. The van der Waals surface area contributed by atoms with Gasteiger partial charge in [-0.05, 0) is 29.8 Å². The molecule has 1 aliphatic rings. The van der Waals surface area contributed by atoms with E-state index in [-0.39, 0.29) is 18.7 Å². The fourth-order valence-electron chi connectivity index (χ4n) is 2.57. The molecule has 0 saturated carbocycles. The van der Waals surface area contributed by atoms with Crippen molar-refractivity contribution in [2.75, 3.05) is 30.4 Å². The predicted molar refractivity (Wildman–Crippen MR) is 87.1 cm³/mol. The smallest absolute Gasteiger partial charge is 0.255 e. The van der Waals surface area contributed by atoms with Crippen molar-refractivity contribution in [1.29, 1.82) is 0 Å². The summed E-state index contributed by atoms with van der Waals surface area (Å²) in [5.41, 5.74) is 3.53. The average molecular weight is 297 g/mol. The quantitative estimate of drug-likeness (QED) is 0.807. The molecule has 3 N–H and O–H groups in total. The molecular formula is C17H19N3O2. The summed E-state index contributed by atoms with van der Waals surface area (Å²) < 4.78 is 0. The fraction of sp³-hybridized carbons (Fsp3) is 0.235. The number of likely N-dealkylation sites (N-methyl/N-ethyl adjacent to an activating group) is 1. The molecule has 0 radical (unpaired) electrons. The van der Waals surface area contributed by atoms with Crippen molar-refractivity contribution in [2.24, 2.45) is 0 Å². The Labute approximate surface area is 129 Å². The summed E-state index contributed by atoms with van der Waals surface area (Å²) in [6, 6.07) is 15.4. The normalized spacial score (nSPS) is 16.5. The zero-order chi connectivity index (χ0) is 15.5. The standard InChI is InChI=1S/C17H19N3O2/c1-20(10-11-21)13-8-6-12(7-9-13)16-18-15-5-3-2-4-14(15)17(22)19-16/h2-9,16,18,21H,10-11H2,1H3,(H,19,22). The maximum atomic E-state index is 12.1. The molecule has 1 aliphatic heterocycles. The first-order valence-electron chi connectivity index (χ1n) is 7.27. The van der Waals surface area contributed by atoms with E-state index in [1.165, 1.54) is 0 Å². The summed E-state index contributed by atoms with van der Waals surface area (Å²) in [4.78, 5) is 14.1. The van der Waals surface area contributed by atoms with E-state index in [0.717, 1.165) is 16.9 Å². The first kappa shape index (κ1) is 14.4. The highest BCUT2D eigenvalue weighted by Gasteiger charge is 2.23. The molecule has 22 heavy (non-hydrogen) atoms. The van der Waals surface area contributed by atoms with Crippen LogP contribution in [0.25, 0.3) is 0 Å². The van der Waals surface area contributed by atoms with E-state index in [4.69, 9.17) is 5.11 Å². The van der Waals surface area contributed by atoms with Gasteiger partial charge in [0.05, 0.1) is 12.2 Å². The summed E-state index contributed by atoms with van der Waals surface area (Å²) in [5, 5.41) is 15.3.